The highest BCUT2D eigenvalue weighted by Crippen LogP contribution is 2.45. The van der Waals surface area contributed by atoms with Crippen molar-refractivity contribution >= 4 is 11.8 Å². The van der Waals surface area contributed by atoms with Crippen molar-refractivity contribution < 1.29 is 19.1 Å². The van der Waals surface area contributed by atoms with Crippen molar-refractivity contribution in [2.75, 3.05) is 52.6 Å². The molecule has 3 aliphatic heterocycles. The number of rotatable bonds is 2. The number of aryl methyl sites for hydroxylation is 1. The summed E-state index contributed by atoms with van der Waals surface area (Å²) in [5.41, 5.74) is 1.55. The molecule has 3 fully saturated rings. The second kappa shape index (κ2) is 7.60. The summed E-state index contributed by atoms with van der Waals surface area (Å²) < 4.78 is 11.0. The van der Waals surface area contributed by atoms with Gasteiger partial charge in [0, 0.05) is 50.4 Å². The summed E-state index contributed by atoms with van der Waals surface area (Å²) in [6, 6.07) is 7.69. The smallest absolute Gasteiger partial charge is 0.254 e. The fourth-order valence-electron chi connectivity index (χ4n) is 4.74. The topological polar surface area (TPSA) is 59.1 Å². The maximum absolute atomic E-state index is 13.3. The minimum atomic E-state index is -0.161. The lowest BCUT2D eigenvalue weighted by Gasteiger charge is -2.39. The first kappa shape index (κ1) is 18.4. The van der Waals surface area contributed by atoms with Gasteiger partial charge in [0.15, 0.2) is 0 Å². The average molecular weight is 372 g/mol. The third-order valence-corrected chi connectivity index (χ3v) is 6.42. The molecule has 6 nitrogen and oxygen atoms in total. The first-order valence-corrected chi connectivity index (χ1v) is 9.90. The van der Waals surface area contributed by atoms with E-state index in [9.17, 15) is 9.59 Å². The minimum Gasteiger partial charge on any atom is -0.381 e. The number of ether oxygens (including phenoxy) is 2. The first-order valence-electron chi connectivity index (χ1n) is 9.90. The largest absolute Gasteiger partial charge is 0.381 e. The van der Waals surface area contributed by atoms with E-state index < -0.39 is 0 Å². The molecule has 0 bridgehead atoms. The Morgan fingerprint density at radius 1 is 1.00 bits per heavy atom. The molecule has 0 aliphatic carbocycles. The minimum absolute atomic E-state index is 0.0382. The van der Waals surface area contributed by atoms with E-state index in [0.717, 1.165) is 24.0 Å². The zero-order valence-corrected chi connectivity index (χ0v) is 16.0. The SMILES string of the molecule is Cc1ccccc1C(=O)N1C[C@H](C(=O)N2CCOCC2)C2(CCOCC2)C1. The lowest BCUT2D eigenvalue weighted by molar-refractivity contribution is -0.144. The number of benzene rings is 1. The zero-order valence-electron chi connectivity index (χ0n) is 16.0. The Morgan fingerprint density at radius 3 is 2.37 bits per heavy atom. The number of hydrogen-bond acceptors (Lipinski definition) is 4. The number of hydrogen-bond donors (Lipinski definition) is 0. The molecule has 6 heteroatoms. The molecule has 3 heterocycles. The summed E-state index contributed by atoms with van der Waals surface area (Å²) >= 11 is 0. The molecule has 1 spiro atoms. The van der Waals surface area contributed by atoms with E-state index in [1.165, 1.54) is 0 Å². The third-order valence-electron chi connectivity index (χ3n) is 6.42. The second-order valence-corrected chi connectivity index (χ2v) is 7.97. The van der Waals surface area contributed by atoms with E-state index in [4.69, 9.17) is 9.47 Å². The zero-order chi connectivity index (χ0) is 18.9. The Balaban J connectivity index is 1.58. The molecule has 1 aromatic rings. The average Bonchev–Trinajstić information content (AvgIpc) is 3.07. The van der Waals surface area contributed by atoms with Crippen molar-refractivity contribution in [2.45, 2.75) is 19.8 Å². The van der Waals surface area contributed by atoms with Crippen LogP contribution < -0.4 is 0 Å². The fraction of sp³-hybridized carbons (Fsp3) is 0.619. The maximum Gasteiger partial charge on any atom is 0.254 e. The molecule has 0 saturated carbocycles. The van der Waals surface area contributed by atoms with Crippen LogP contribution in [0.1, 0.15) is 28.8 Å². The van der Waals surface area contributed by atoms with Crippen molar-refractivity contribution in [1.29, 1.82) is 0 Å². The summed E-state index contributed by atoms with van der Waals surface area (Å²) in [5, 5.41) is 0. The van der Waals surface area contributed by atoms with Gasteiger partial charge in [-0.2, -0.15) is 0 Å². The lowest BCUT2D eigenvalue weighted by Crippen LogP contribution is -2.49. The molecule has 1 atom stereocenters. The highest BCUT2D eigenvalue weighted by molar-refractivity contribution is 5.96. The van der Waals surface area contributed by atoms with Crippen molar-refractivity contribution in [3.8, 4) is 0 Å². The van der Waals surface area contributed by atoms with Gasteiger partial charge in [0.25, 0.3) is 5.91 Å². The van der Waals surface area contributed by atoms with Gasteiger partial charge in [0.1, 0.15) is 0 Å². The van der Waals surface area contributed by atoms with Crippen LogP contribution in [0.5, 0.6) is 0 Å². The van der Waals surface area contributed by atoms with E-state index in [1.54, 1.807) is 0 Å². The number of amides is 2. The highest BCUT2D eigenvalue weighted by Gasteiger charge is 2.52. The quantitative estimate of drug-likeness (QED) is 0.793. The van der Waals surface area contributed by atoms with Crippen molar-refractivity contribution in [3.63, 3.8) is 0 Å². The predicted molar refractivity (Wildman–Crippen MR) is 100 cm³/mol. The van der Waals surface area contributed by atoms with Crippen LogP contribution in [0.25, 0.3) is 0 Å². The molecule has 4 rings (SSSR count). The van der Waals surface area contributed by atoms with Crippen LogP contribution in [0.2, 0.25) is 0 Å². The monoisotopic (exact) mass is 372 g/mol. The van der Waals surface area contributed by atoms with Crippen molar-refractivity contribution in [1.82, 2.24) is 9.80 Å². The van der Waals surface area contributed by atoms with Gasteiger partial charge >= 0.3 is 0 Å². The molecule has 1 aromatic carbocycles. The van der Waals surface area contributed by atoms with Gasteiger partial charge in [0.2, 0.25) is 5.91 Å². The van der Waals surface area contributed by atoms with Gasteiger partial charge in [-0.15, -0.1) is 0 Å². The van der Waals surface area contributed by atoms with Crippen LogP contribution in [0.15, 0.2) is 24.3 Å². The summed E-state index contributed by atoms with van der Waals surface area (Å²) in [4.78, 5) is 30.3. The molecular weight excluding hydrogens is 344 g/mol. The first-order chi connectivity index (χ1) is 13.1. The van der Waals surface area contributed by atoms with Crippen molar-refractivity contribution in [2.24, 2.45) is 11.3 Å². The molecule has 2 amide bonds. The van der Waals surface area contributed by atoms with E-state index in [-0.39, 0.29) is 23.1 Å². The number of likely N-dealkylation sites (tertiary alicyclic amines) is 1. The van der Waals surface area contributed by atoms with Crippen LogP contribution in [-0.4, -0.2) is 74.2 Å². The third kappa shape index (κ3) is 3.48. The van der Waals surface area contributed by atoms with Crippen molar-refractivity contribution in [3.05, 3.63) is 35.4 Å². The van der Waals surface area contributed by atoms with Gasteiger partial charge in [-0.05, 0) is 31.4 Å². The predicted octanol–water partition coefficient (Wildman–Crippen LogP) is 1.72. The molecule has 27 heavy (non-hydrogen) atoms. The lowest BCUT2D eigenvalue weighted by atomic mass is 9.71. The van der Waals surface area contributed by atoms with Crippen LogP contribution in [0.3, 0.4) is 0 Å². The maximum atomic E-state index is 13.3. The number of carbonyl (C=O) groups is 2. The number of morpholine rings is 1. The summed E-state index contributed by atoms with van der Waals surface area (Å²) in [7, 11) is 0. The van der Waals surface area contributed by atoms with Crippen LogP contribution >= 0.6 is 0 Å². The van der Waals surface area contributed by atoms with Gasteiger partial charge in [-0.3, -0.25) is 9.59 Å². The molecule has 0 aromatic heterocycles. The molecule has 0 unspecified atom stereocenters. The molecule has 0 N–H and O–H groups in total. The van der Waals surface area contributed by atoms with Gasteiger partial charge in [0.05, 0.1) is 19.1 Å². The Labute approximate surface area is 160 Å². The van der Waals surface area contributed by atoms with Crippen LogP contribution in [-0.2, 0) is 14.3 Å². The Bertz CT molecular complexity index is 708. The van der Waals surface area contributed by atoms with Crippen LogP contribution in [0, 0.1) is 18.3 Å². The molecule has 146 valence electrons. The van der Waals surface area contributed by atoms with E-state index >= 15 is 0 Å². The van der Waals surface area contributed by atoms with Gasteiger partial charge in [-0.1, -0.05) is 18.2 Å². The van der Waals surface area contributed by atoms with E-state index in [1.807, 2.05) is 41.0 Å². The Morgan fingerprint density at radius 2 is 1.67 bits per heavy atom. The van der Waals surface area contributed by atoms with E-state index in [2.05, 4.69) is 0 Å². The van der Waals surface area contributed by atoms with Crippen LogP contribution in [0.4, 0.5) is 0 Å². The Hall–Kier alpha value is -1.92. The van der Waals surface area contributed by atoms with E-state index in [0.29, 0.717) is 52.6 Å². The summed E-state index contributed by atoms with van der Waals surface area (Å²) in [6.45, 7) is 6.93. The summed E-state index contributed by atoms with van der Waals surface area (Å²) in [6.07, 6.45) is 1.68. The molecular formula is C21H28N2O4. The molecule has 3 saturated heterocycles. The normalized spacial score (nSPS) is 25.0. The highest BCUT2D eigenvalue weighted by atomic mass is 16.5. The Kier molecular flexibility index (Phi) is 5.19. The van der Waals surface area contributed by atoms with Gasteiger partial charge in [-0.25, -0.2) is 0 Å². The number of nitrogens with zero attached hydrogens (tertiary/aromatic N) is 2. The number of carbonyl (C=O) groups excluding carboxylic acids is 2. The van der Waals surface area contributed by atoms with Gasteiger partial charge < -0.3 is 19.3 Å². The standard InChI is InChI=1S/C21H28N2O4/c1-16-4-2-3-5-17(16)19(24)23-14-18(20(25)22-8-12-27-13-9-22)21(15-23)6-10-26-11-7-21/h2-5,18H,6-15H2,1H3/t18-/m1/s1. The fourth-order valence-corrected chi connectivity index (χ4v) is 4.74. The summed E-state index contributed by atoms with van der Waals surface area (Å²) in [5.74, 6) is 0.0731. The molecule has 3 aliphatic rings. The molecule has 0 radical (unpaired) electrons. The second-order valence-electron chi connectivity index (χ2n) is 7.97.